The SMILES string of the molecule is CCCC1=C2[C@@H](CC/C(=C/c3ccc(CO)o3)c3ccccc3)OB(O)C[C@@H]2[C@@H]2C(=O)c3ccccc3C(=O)[C@@H]2C1. The first kappa shape index (κ1) is 27.6. The Kier molecular flexibility index (Phi) is 7.93. The lowest BCUT2D eigenvalue weighted by Gasteiger charge is -2.47. The van der Waals surface area contributed by atoms with Crippen molar-refractivity contribution in [3.8, 4) is 0 Å². The molecule has 1 fully saturated rings. The Morgan fingerprint density at radius 1 is 0.976 bits per heavy atom. The molecule has 0 radical (unpaired) electrons. The van der Waals surface area contributed by atoms with Crippen LogP contribution in [-0.2, 0) is 11.3 Å². The maximum Gasteiger partial charge on any atom is 0.455 e. The van der Waals surface area contributed by atoms with E-state index < -0.39 is 19.0 Å². The highest BCUT2D eigenvalue weighted by Crippen LogP contribution is 2.51. The van der Waals surface area contributed by atoms with Crippen molar-refractivity contribution in [2.45, 2.75) is 58.1 Å². The van der Waals surface area contributed by atoms with Gasteiger partial charge in [-0.3, -0.25) is 9.59 Å². The van der Waals surface area contributed by atoms with E-state index in [1.165, 1.54) is 5.57 Å². The van der Waals surface area contributed by atoms with Crippen molar-refractivity contribution < 1.29 is 28.8 Å². The highest BCUT2D eigenvalue weighted by molar-refractivity contribution is 6.43. The standard InChI is InChI=1S/C34H35BO6/c1-2-8-23-18-28-32(34(38)27-12-7-6-11-26(27)33(28)37)29-19-35(39)41-30(31(23)29)16-13-22(21-9-4-3-5-10-21)17-24-14-15-25(20-36)40-24/h3-7,9-12,14-15,17,28-30,32,36,39H,2,8,13,16,18-20H2,1H3/b22-17-/t28-,29+,30-,32-/m1/s1. The quantitative estimate of drug-likeness (QED) is 0.249. The predicted octanol–water partition coefficient (Wildman–Crippen LogP) is 6.40. The normalized spacial score (nSPS) is 24.3. The lowest BCUT2D eigenvalue weighted by atomic mass is 9.54. The maximum atomic E-state index is 13.9. The van der Waals surface area contributed by atoms with Gasteiger partial charge in [0.2, 0.25) is 0 Å². The number of aliphatic hydroxyl groups excluding tert-OH is 1. The molecule has 6 nitrogen and oxygen atoms in total. The average molecular weight is 550 g/mol. The van der Waals surface area contributed by atoms with Gasteiger partial charge in [0, 0.05) is 23.0 Å². The molecular formula is C34H35BO6. The van der Waals surface area contributed by atoms with Crippen LogP contribution in [0.25, 0.3) is 11.6 Å². The number of hydrogen-bond donors (Lipinski definition) is 2. The van der Waals surface area contributed by atoms with Gasteiger partial charge < -0.3 is 19.2 Å². The Bertz CT molecular complexity index is 1500. The van der Waals surface area contributed by atoms with Gasteiger partial charge in [0.15, 0.2) is 11.6 Å². The number of furan rings is 1. The van der Waals surface area contributed by atoms with Gasteiger partial charge in [-0.1, -0.05) is 73.5 Å². The number of aliphatic hydroxyl groups is 1. The van der Waals surface area contributed by atoms with E-state index in [0.717, 1.165) is 29.6 Å². The molecule has 0 saturated carbocycles. The third-order valence-corrected chi connectivity index (χ3v) is 8.89. The second kappa shape index (κ2) is 11.8. The van der Waals surface area contributed by atoms with Crippen molar-refractivity contribution >= 4 is 30.3 Å². The van der Waals surface area contributed by atoms with Gasteiger partial charge in [0.25, 0.3) is 0 Å². The minimum absolute atomic E-state index is 0.0125. The summed E-state index contributed by atoms with van der Waals surface area (Å²) in [5, 5.41) is 20.4. The van der Waals surface area contributed by atoms with Gasteiger partial charge in [0.1, 0.15) is 18.1 Å². The molecule has 2 N–H and O–H groups in total. The van der Waals surface area contributed by atoms with Crippen LogP contribution in [0.15, 0.2) is 82.3 Å². The first-order valence-corrected chi connectivity index (χ1v) is 14.7. The summed E-state index contributed by atoms with van der Waals surface area (Å²) >= 11 is 0. The molecule has 0 spiro atoms. The van der Waals surface area contributed by atoms with Crippen LogP contribution in [0.5, 0.6) is 0 Å². The maximum absolute atomic E-state index is 13.9. The van der Waals surface area contributed by atoms with Crippen LogP contribution in [0, 0.1) is 17.8 Å². The average Bonchev–Trinajstić information content (AvgIpc) is 3.46. The molecular weight excluding hydrogens is 515 g/mol. The highest BCUT2D eigenvalue weighted by atomic mass is 16.5. The lowest BCUT2D eigenvalue weighted by molar-refractivity contribution is 0.0599. The molecule has 1 aromatic heterocycles. The summed E-state index contributed by atoms with van der Waals surface area (Å²) in [4.78, 5) is 27.5. The van der Waals surface area contributed by atoms with Gasteiger partial charge in [-0.15, -0.1) is 0 Å². The number of hydrogen-bond acceptors (Lipinski definition) is 6. The first-order chi connectivity index (χ1) is 20.0. The summed E-state index contributed by atoms with van der Waals surface area (Å²) in [5.41, 5.74) is 5.46. The zero-order valence-corrected chi connectivity index (χ0v) is 23.3. The van der Waals surface area contributed by atoms with E-state index in [1.54, 1.807) is 18.2 Å². The Balaban J connectivity index is 1.35. The number of rotatable bonds is 8. The lowest BCUT2D eigenvalue weighted by Crippen LogP contribution is -2.50. The van der Waals surface area contributed by atoms with Crippen LogP contribution in [0.3, 0.4) is 0 Å². The number of carbonyl (C=O) groups is 2. The number of fused-ring (bicyclic) bond motifs is 4. The van der Waals surface area contributed by atoms with Crippen LogP contribution < -0.4 is 0 Å². The molecule has 1 saturated heterocycles. The monoisotopic (exact) mass is 550 g/mol. The molecule has 3 aliphatic rings. The Hall–Kier alpha value is -3.52. The molecule has 4 atom stereocenters. The highest BCUT2D eigenvalue weighted by Gasteiger charge is 2.53. The van der Waals surface area contributed by atoms with E-state index in [9.17, 15) is 19.7 Å². The largest absolute Gasteiger partial charge is 0.459 e. The second-order valence-electron chi connectivity index (χ2n) is 11.4. The number of ketones is 2. The molecule has 2 aliphatic carbocycles. The molecule has 1 aliphatic heterocycles. The van der Waals surface area contributed by atoms with Gasteiger partial charge in [-0.25, -0.2) is 0 Å². The van der Waals surface area contributed by atoms with Crippen molar-refractivity contribution in [1.29, 1.82) is 0 Å². The third-order valence-electron chi connectivity index (χ3n) is 8.89. The summed E-state index contributed by atoms with van der Waals surface area (Å²) in [7, 11) is -1.00. The molecule has 2 aromatic carbocycles. The van der Waals surface area contributed by atoms with Crippen molar-refractivity contribution in [3.05, 3.63) is 106 Å². The fraction of sp³-hybridized carbons (Fsp3) is 0.353. The first-order valence-electron chi connectivity index (χ1n) is 14.7. The van der Waals surface area contributed by atoms with Gasteiger partial charge in [-0.05, 0) is 72.8 Å². The predicted molar refractivity (Wildman–Crippen MR) is 158 cm³/mol. The van der Waals surface area contributed by atoms with Crippen LogP contribution in [0.4, 0.5) is 0 Å². The van der Waals surface area contributed by atoms with E-state index in [1.807, 2.05) is 42.5 Å². The van der Waals surface area contributed by atoms with Gasteiger partial charge in [0.05, 0.1) is 6.10 Å². The van der Waals surface area contributed by atoms with Gasteiger partial charge >= 0.3 is 7.12 Å². The summed E-state index contributed by atoms with van der Waals surface area (Å²) in [6, 6.07) is 20.8. The van der Waals surface area contributed by atoms with Crippen molar-refractivity contribution in [1.82, 2.24) is 0 Å². The van der Waals surface area contributed by atoms with Crippen molar-refractivity contribution in [2.75, 3.05) is 0 Å². The molecule has 6 rings (SSSR count). The molecule has 0 amide bonds. The van der Waals surface area contributed by atoms with Crippen LogP contribution in [0.1, 0.15) is 76.8 Å². The van der Waals surface area contributed by atoms with E-state index in [0.29, 0.717) is 48.2 Å². The smallest absolute Gasteiger partial charge is 0.455 e. The van der Waals surface area contributed by atoms with Crippen molar-refractivity contribution in [3.63, 3.8) is 0 Å². The van der Waals surface area contributed by atoms with Gasteiger partial charge in [-0.2, -0.15) is 0 Å². The topological polar surface area (TPSA) is 97.0 Å². The minimum atomic E-state index is -1.00. The Labute approximate surface area is 240 Å². The molecule has 2 heterocycles. The molecule has 0 unspecified atom stereocenters. The molecule has 3 aromatic rings. The number of allylic oxidation sites excluding steroid dienone is 2. The van der Waals surface area contributed by atoms with Crippen molar-refractivity contribution in [2.24, 2.45) is 17.8 Å². The van der Waals surface area contributed by atoms with Crippen LogP contribution in [0.2, 0.25) is 6.32 Å². The number of carbonyl (C=O) groups excluding carboxylic acids is 2. The van der Waals surface area contributed by atoms with Crippen LogP contribution in [-0.4, -0.2) is 34.9 Å². The third kappa shape index (κ3) is 5.30. The molecule has 0 bridgehead atoms. The fourth-order valence-corrected chi connectivity index (χ4v) is 7.17. The van der Waals surface area contributed by atoms with E-state index in [-0.39, 0.29) is 30.2 Å². The second-order valence-corrected chi connectivity index (χ2v) is 11.4. The fourth-order valence-electron chi connectivity index (χ4n) is 7.17. The molecule has 7 heteroatoms. The van der Waals surface area contributed by atoms with E-state index in [4.69, 9.17) is 9.07 Å². The zero-order valence-electron chi connectivity index (χ0n) is 23.3. The van der Waals surface area contributed by atoms with E-state index in [2.05, 4.69) is 19.1 Å². The summed E-state index contributed by atoms with van der Waals surface area (Å²) in [6.07, 6.45) is 5.54. The zero-order chi connectivity index (χ0) is 28.5. The molecule has 41 heavy (non-hydrogen) atoms. The Morgan fingerprint density at radius 3 is 2.41 bits per heavy atom. The number of benzene rings is 2. The number of Topliss-reactive ketones (excluding diaryl/α,β-unsaturated/α-hetero) is 2. The summed E-state index contributed by atoms with van der Waals surface area (Å²) < 4.78 is 12.0. The summed E-state index contributed by atoms with van der Waals surface area (Å²) in [6.45, 7) is 1.97. The minimum Gasteiger partial charge on any atom is -0.459 e. The Morgan fingerprint density at radius 2 is 1.71 bits per heavy atom. The summed E-state index contributed by atoms with van der Waals surface area (Å²) in [5.74, 6) is 0.131. The molecule has 210 valence electrons. The van der Waals surface area contributed by atoms with E-state index >= 15 is 0 Å². The van der Waals surface area contributed by atoms with Crippen LogP contribution >= 0.6 is 0 Å².